The first-order chi connectivity index (χ1) is 15.1. The van der Waals surface area contributed by atoms with Crippen molar-refractivity contribution in [2.24, 2.45) is 5.92 Å². The van der Waals surface area contributed by atoms with Crippen LogP contribution in [-0.4, -0.2) is 45.8 Å². The van der Waals surface area contributed by atoms with E-state index in [1.54, 1.807) is 6.07 Å². The van der Waals surface area contributed by atoms with Gasteiger partial charge in [-0.05, 0) is 47.2 Å². The van der Waals surface area contributed by atoms with Crippen molar-refractivity contribution in [3.8, 4) is 0 Å². The Balaban J connectivity index is 0.000000730. The van der Waals surface area contributed by atoms with Crippen LogP contribution in [0.25, 0.3) is 10.8 Å². The molecule has 1 saturated heterocycles. The van der Waals surface area contributed by atoms with Gasteiger partial charge in [-0.25, -0.2) is 0 Å². The number of carboxylic acid groups (broad SMARTS) is 1. The summed E-state index contributed by atoms with van der Waals surface area (Å²) in [6, 6.07) is 18.4. The van der Waals surface area contributed by atoms with Gasteiger partial charge in [-0.15, -0.1) is 0 Å². The van der Waals surface area contributed by atoms with Crippen LogP contribution in [0.3, 0.4) is 0 Å². The van der Waals surface area contributed by atoms with Gasteiger partial charge in [-0.1, -0.05) is 42.5 Å². The zero-order chi connectivity index (χ0) is 22.0. The van der Waals surface area contributed by atoms with Crippen LogP contribution in [0.15, 0.2) is 59.4 Å². The quantitative estimate of drug-likeness (QED) is 0.636. The van der Waals surface area contributed by atoms with E-state index >= 15 is 0 Å². The third-order valence-electron chi connectivity index (χ3n) is 6.72. The molecule has 2 aromatic carbocycles. The maximum Gasteiger partial charge on any atom is 0.290 e. The summed E-state index contributed by atoms with van der Waals surface area (Å²) in [7, 11) is 0. The molecule has 5 rings (SSSR count). The molecule has 3 heterocycles. The number of hydrogen-bond acceptors (Lipinski definition) is 4. The number of pyridine rings is 1. The highest BCUT2D eigenvalue weighted by Crippen LogP contribution is 2.41. The lowest BCUT2D eigenvalue weighted by Gasteiger charge is -2.46. The highest BCUT2D eigenvalue weighted by Gasteiger charge is 2.40. The van der Waals surface area contributed by atoms with Crippen molar-refractivity contribution in [2.45, 2.75) is 31.8 Å². The summed E-state index contributed by atoms with van der Waals surface area (Å²) >= 11 is 0. The molecule has 3 aromatic rings. The average Bonchev–Trinajstić information content (AvgIpc) is 2.77. The molecule has 1 aromatic heterocycles. The predicted octanol–water partition coefficient (Wildman–Crippen LogP) is 3.16. The minimum Gasteiger partial charge on any atom is -0.483 e. The van der Waals surface area contributed by atoms with E-state index in [1.165, 1.54) is 21.9 Å². The molecule has 0 spiro atoms. The highest BCUT2D eigenvalue weighted by molar-refractivity contribution is 5.86. The molecule has 162 valence electrons. The van der Waals surface area contributed by atoms with E-state index in [0.717, 1.165) is 31.7 Å². The molecule has 2 aliphatic rings. The van der Waals surface area contributed by atoms with Crippen molar-refractivity contribution in [2.75, 3.05) is 19.7 Å². The van der Waals surface area contributed by atoms with Crippen molar-refractivity contribution < 1.29 is 15.0 Å². The molecule has 1 fully saturated rings. The summed E-state index contributed by atoms with van der Waals surface area (Å²) in [5, 5.41) is 19.6. The van der Waals surface area contributed by atoms with Gasteiger partial charge in [0, 0.05) is 37.3 Å². The number of rotatable bonds is 3. The molecule has 0 saturated carbocycles. The summed E-state index contributed by atoms with van der Waals surface area (Å²) in [6.45, 7) is 4.76. The molecule has 31 heavy (non-hydrogen) atoms. The number of carbonyl (C=O) groups is 1. The van der Waals surface area contributed by atoms with Gasteiger partial charge in [0.05, 0.1) is 12.6 Å². The van der Waals surface area contributed by atoms with Crippen molar-refractivity contribution in [3.63, 3.8) is 0 Å². The van der Waals surface area contributed by atoms with Crippen LogP contribution < -0.4 is 5.56 Å². The highest BCUT2D eigenvalue weighted by atomic mass is 16.3. The topological polar surface area (TPSA) is 82.8 Å². The van der Waals surface area contributed by atoms with Gasteiger partial charge >= 0.3 is 0 Å². The van der Waals surface area contributed by atoms with Crippen LogP contribution >= 0.6 is 0 Å². The summed E-state index contributed by atoms with van der Waals surface area (Å²) in [4.78, 5) is 23.4. The zero-order valence-electron chi connectivity index (χ0n) is 17.6. The molecule has 0 amide bonds. The number of likely N-dealkylation sites (tertiary alicyclic amines) is 1. The van der Waals surface area contributed by atoms with Crippen LogP contribution in [-0.2, 0) is 11.3 Å². The number of fused-ring (bicyclic) bond motifs is 5. The van der Waals surface area contributed by atoms with Crippen molar-refractivity contribution >= 4 is 17.2 Å². The maximum atomic E-state index is 12.5. The first kappa shape index (κ1) is 21.3. The van der Waals surface area contributed by atoms with Gasteiger partial charge in [-0.3, -0.25) is 14.5 Å². The van der Waals surface area contributed by atoms with Gasteiger partial charge in [0.2, 0.25) is 0 Å². The van der Waals surface area contributed by atoms with Crippen LogP contribution in [0.2, 0.25) is 0 Å². The third kappa shape index (κ3) is 4.01. The number of benzene rings is 2. The van der Waals surface area contributed by atoms with E-state index in [1.807, 2.05) is 10.6 Å². The summed E-state index contributed by atoms with van der Waals surface area (Å²) < 4.78 is 1.86. The SMILES string of the molecule is Cc1ccc2ccccc2c1CN1C[C@H]2C[C@@H](C1)[C@H](CO)n1c2cccc1=O.O=CO. The van der Waals surface area contributed by atoms with Crippen LogP contribution in [0.4, 0.5) is 0 Å². The number of aryl methyl sites for hydroxylation is 1. The summed E-state index contributed by atoms with van der Waals surface area (Å²) in [5.41, 5.74) is 3.82. The Bertz CT molecular complexity index is 1140. The van der Waals surface area contributed by atoms with Crippen LogP contribution in [0.1, 0.15) is 35.2 Å². The fraction of sp³-hybridized carbons (Fsp3) is 0.360. The average molecular weight is 421 g/mol. The van der Waals surface area contributed by atoms with E-state index in [0.29, 0.717) is 11.8 Å². The van der Waals surface area contributed by atoms with E-state index < -0.39 is 0 Å². The number of piperidine rings is 1. The molecule has 0 unspecified atom stereocenters. The Labute approximate surface area is 181 Å². The third-order valence-corrected chi connectivity index (χ3v) is 6.72. The molecule has 3 atom stereocenters. The molecule has 0 radical (unpaired) electrons. The summed E-state index contributed by atoms with van der Waals surface area (Å²) in [5.74, 6) is 0.664. The lowest BCUT2D eigenvalue weighted by Crippen LogP contribution is -2.50. The zero-order valence-corrected chi connectivity index (χ0v) is 17.6. The Kier molecular flexibility index (Phi) is 6.20. The standard InChI is InChI=1S/C24H26N2O2.CH2O2/c1-16-9-10-17-5-2-3-6-20(17)21(16)14-25-12-18-11-19(13-25)23(15-27)26-22(18)7-4-8-24(26)28;2-1-3/h2-10,18-19,23,27H,11-15H2,1H3;1H,(H,2,3)/t18-,19+,23+;/m1./s1. The molecule has 2 bridgehead atoms. The minimum atomic E-state index is -0.250. The maximum absolute atomic E-state index is 12.5. The van der Waals surface area contributed by atoms with E-state index in [4.69, 9.17) is 9.90 Å². The second kappa shape index (κ2) is 9.04. The second-order valence-corrected chi connectivity index (χ2v) is 8.48. The Morgan fingerprint density at radius 3 is 2.61 bits per heavy atom. The van der Waals surface area contributed by atoms with E-state index in [-0.39, 0.29) is 24.7 Å². The van der Waals surface area contributed by atoms with Crippen LogP contribution in [0, 0.1) is 12.8 Å². The molecule has 2 aliphatic heterocycles. The molecular formula is C25H28N2O4. The largest absolute Gasteiger partial charge is 0.483 e. The molecule has 2 N–H and O–H groups in total. The van der Waals surface area contributed by atoms with Gasteiger partial charge in [0.25, 0.3) is 12.0 Å². The van der Waals surface area contributed by atoms with Gasteiger partial charge in [0.1, 0.15) is 0 Å². The lowest BCUT2D eigenvalue weighted by molar-refractivity contribution is -0.122. The minimum absolute atomic E-state index is 0.0181. The second-order valence-electron chi connectivity index (χ2n) is 8.48. The van der Waals surface area contributed by atoms with Crippen LogP contribution in [0.5, 0.6) is 0 Å². The molecule has 0 aliphatic carbocycles. The molecule has 6 heteroatoms. The van der Waals surface area contributed by atoms with Gasteiger partial charge < -0.3 is 14.8 Å². The first-order valence-corrected chi connectivity index (χ1v) is 10.7. The smallest absolute Gasteiger partial charge is 0.290 e. The fourth-order valence-electron chi connectivity index (χ4n) is 5.38. The van der Waals surface area contributed by atoms with E-state index in [2.05, 4.69) is 54.3 Å². The number of aliphatic hydroxyl groups is 1. The van der Waals surface area contributed by atoms with Crippen molar-refractivity contribution in [3.05, 3.63) is 81.8 Å². The monoisotopic (exact) mass is 420 g/mol. The Morgan fingerprint density at radius 2 is 1.84 bits per heavy atom. The number of aliphatic hydroxyl groups excluding tert-OH is 1. The van der Waals surface area contributed by atoms with Crippen molar-refractivity contribution in [1.29, 1.82) is 0 Å². The predicted molar refractivity (Wildman–Crippen MR) is 120 cm³/mol. The first-order valence-electron chi connectivity index (χ1n) is 10.7. The fourth-order valence-corrected chi connectivity index (χ4v) is 5.38. The Hall–Kier alpha value is -2.96. The van der Waals surface area contributed by atoms with Gasteiger partial charge in [-0.2, -0.15) is 0 Å². The molecular weight excluding hydrogens is 392 g/mol. The number of hydrogen-bond donors (Lipinski definition) is 2. The Morgan fingerprint density at radius 1 is 1.06 bits per heavy atom. The molecule has 6 nitrogen and oxygen atoms in total. The number of aromatic nitrogens is 1. The normalized spacial score (nSPS) is 22.3. The lowest BCUT2D eigenvalue weighted by atomic mass is 9.78. The number of nitrogens with zero attached hydrogens (tertiary/aromatic N) is 2. The summed E-state index contributed by atoms with van der Waals surface area (Å²) in [6.07, 6.45) is 1.06. The van der Waals surface area contributed by atoms with Crippen molar-refractivity contribution in [1.82, 2.24) is 9.47 Å². The van der Waals surface area contributed by atoms with Gasteiger partial charge in [0.15, 0.2) is 0 Å². The van der Waals surface area contributed by atoms with E-state index in [9.17, 15) is 9.90 Å².